The van der Waals surface area contributed by atoms with Gasteiger partial charge in [-0.15, -0.1) is 0 Å². The highest BCUT2D eigenvalue weighted by Crippen LogP contribution is 2.20. The molecule has 0 unspecified atom stereocenters. The Hall–Kier alpha value is -3.13. The first-order valence-corrected chi connectivity index (χ1v) is 8.00. The molecule has 3 rings (SSSR count). The lowest BCUT2D eigenvalue weighted by Gasteiger charge is -2.18. The average molecular weight is 376 g/mol. The largest absolute Gasteiger partial charge is 0.420 e. The number of hydrogen-bond acceptors (Lipinski definition) is 5. The van der Waals surface area contributed by atoms with Crippen molar-refractivity contribution in [1.82, 2.24) is 9.47 Å². The Kier molecular flexibility index (Phi) is 4.77. The van der Waals surface area contributed by atoms with E-state index < -0.39 is 10.7 Å². The van der Waals surface area contributed by atoms with Gasteiger partial charge < -0.3 is 9.32 Å². The van der Waals surface area contributed by atoms with Crippen LogP contribution < -0.4 is 5.76 Å². The van der Waals surface area contributed by atoms with Crippen molar-refractivity contribution < 1.29 is 14.1 Å². The number of carbonyl (C=O) groups is 1. The van der Waals surface area contributed by atoms with Crippen LogP contribution in [-0.4, -0.2) is 27.3 Å². The SMILES string of the molecule is CN(Cc1ccccc1Cl)C(=O)Cn1c(=O)oc2cc([N+](=O)[O-])ccc21. The molecular weight excluding hydrogens is 362 g/mol. The molecule has 134 valence electrons. The van der Waals surface area contributed by atoms with Crippen LogP contribution in [-0.2, 0) is 17.9 Å². The molecule has 0 aliphatic rings. The summed E-state index contributed by atoms with van der Waals surface area (Å²) in [5, 5.41) is 11.4. The second kappa shape index (κ2) is 7.01. The zero-order valence-electron chi connectivity index (χ0n) is 13.7. The lowest BCUT2D eigenvalue weighted by Crippen LogP contribution is -2.32. The Morgan fingerprint density at radius 3 is 2.73 bits per heavy atom. The van der Waals surface area contributed by atoms with E-state index in [9.17, 15) is 19.7 Å². The number of non-ortho nitro benzene ring substituents is 1. The van der Waals surface area contributed by atoms with Crippen LogP contribution in [0.3, 0.4) is 0 Å². The second-order valence-corrected chi connectivity index (χ2v) is 6.11. The van der Waals surface area contributed by atoms with Crippen LogP contribution >= 0.6 is 11.6 Å². The van der Waals surface area contributed by atoms with Crippen LogP contribution in [0.25, 0.3) is 11.1 Å². The summed E-state index contributed by atoms with van der Waals surface area (Å²) in [4.78, 5) is 36.2. The van der Waals surface area contributed by atoms with Gasteiger partial charge in [-0.1, -0.05) is 29.8 Å². The minimum Gasteiger partial charge on any atom is -0.407 e. The first-order valence-electron chi connectivity index (χ1n) is 7.62. The first-order chi connectivity index (χ1) is 12.4. The molecule has 26 heavy (non-hydrogen) atoms. The fourth-order valence-corrected chi connectivity index (χ4v) is 2.74. The highest BCUT2D eigenvalue weighted by Gasteiger charge is 2.18. The molecule has 0 radical (unpaired) electrons. The Labute approximate surface area is 152 Å². The number of hydrogen-bond donors (Lipinski definition) is 0. The fraction of sp³-hybridized carbons (Fsp3) is 0.176. The van der Waals surface area contributed by atoms with Crippen LogP contribution in [0, 0.1) is 10.1 Å². The van der Waals surface area contributed by atoms with Crippen LogP contribution in [0.15, 0.2) is 51.7 Å². The number of halogens is 1. The average Bonchev–Trinajstić information content (AvgIpc) is 2.91. The number of amides is 1. The van der Waals surface area contributed by atoms with Gasteiger partial charge in [0.15, 0.2) is 5.58 Å². The number of fused-ring (bicyclic) bond motifs is 1. The van der Waals surface area contributed by atoms with Crippen molar-refractivity contribution in [2.45, 2.75) is 13.1 Å². The van der Waals surface area contributed by atoms with Crippen molar-refractivity contribution in [2.75, 3.05) is 7.05 Å². The van der Waals surface area contributed by atoms with E-state index in [0.717, 1.165) is 16.2 Å². The third-order valence-electron chi connectivity index (χ3n) is 3.95. The number of aromatic nitrogens is 1. The number of likely N-dealkylation sites (N-methyl/N-ethyl adjacent to an activating group) is 1. The highest BCUT2D eigenvalue weighted by atomic mass is 35.5. The summed E-state index contributed by atoms with van der Waals surface area (Å²) in [5.41, 5.74) is 0.969. The van der Waals surface area contributed by atoms with Crippen LogP contribution in [0.5, 0.6) is 0 Å². The van der Waals surface area contributed by atoms with Crippen molar-refractivity contribution in [3.8, 4) is 0 Å². The molecule has 0 N–H and O–H groups in total. The molecule has 0 aliphatic heterocycles. The summed E-state index contributed by atoms with van der Waals surface area (Å²) >= 11 is 6.10. The Morgan fingerprint density at radius 2 is 2.04 bits per heavy atom. The molecule has 0 atom stereocenters. The van der Waals surface area contributed by atoms with Crippen LogP contribution in [0.4, 0.5) is 5.69 Å². The first kappa shape index (κ1) is 17.7. The van der Waals surface area contributed by atoms with E-state index in [1.165, 1.54) is 17.0 Å². The van der Waals surface area contributed by atoms with Crippen molar-refractivity contribution >= 4 is 34.3 Å². The molecule has 8 nitrogen and oxygen atoms in total. The summed E-state index contributed by atoms with van der Waals surface area (Å²) in [6.07, 6.45) is 0. The number of nitrogens with zero attached hydrogens (tertiary/aromatic N) is 3. The standard InChI is InChI=1S/C17H14ClN3O5/c1-19(9-11-4-2-3-5-13(11)18)16(22)10-20-14-7-6-12(21(24)25)8-15(14)26-17(20)23/h2-8H,9-10H2,1H3. The van der Waals surface area contributed by atoms with E-state index in [-0.39, 0.29) is 30.3 Å². The van der Waals surface area contributed by atoms with Crippen molar-refractivity contribution in [1.29, 1.82) is 0 Å². The number of benzene rings is 2. The smallest absolute Gasteiger partial charge is 0.407 e. The zero-order valence-corrected chi connectivity index (χ0v) is 14.5. The molecule has 2 aromatic carbocycles. The monoisotopic (exact) mass is 375 g/mol. The molecule has 1 amide bonds. The van der Waals surface area contributed by atoms with E-state index in [1.807, 2.05) is 12.1 Å². The number of rotatable bonds is 5. The molecule has 0 fully saturated rings. The van der Waals surface area contributed by atoms with Gasteiger partial charge in [0.25, 0.3) is 5.69 Å². The highest BCUT2D eigenvalue weighted by molar-refractivity contribution is 6.31. The maximum absolute atomic E-state index is 12.5. The number of oxazole rings is 1. The number of nitro benzene ring substituents is 1. The minimum atomic E-state index is -0.750. The van der Waals surface area contributed by atoms with E-state index >= 15 is 0 Å². The van der Waals surface area contributed by atoms with Crippen molar-refractivity contribution in [3.63, 3.8) is 0 Å². The molecule has 3 aromatic rings. The minimum absolute atomic E-state index is 0.0609. The van der Waals surface area contributed by atoms with Gasteiger partial charge in [-0.05, 0) is 17.7 Å². The summed E-state index contributed by atoms with van der Waals surface area (Å²) < 4.78 is 6.16. The third-order valence-corrected chi connectivity index (χ3v) is 4.32. The Bertz CT molecular complexity index is 1060. The molecule has 9 heteroatoms. The lowest BCUT2D eigenvalue weighted by atomic mass is 10.2. The van der Waals surface area contributed by atoms with Gasteiger partial charge in [-0.3, -0.25) is 19.5 Å². The Balaban J connectivity index is 1.83. The Morgan fingerprint density at radius 1 is 1.31 bits per heavy atom. The quantitative estimate of drug-likeness (QED) is 0.504. The molecule has 0 saturated carbocycles. The molecule has 1 heterocycles. The maximum atomic E-state index is 12.5. The van der Waals surface area contributed by atoms with Gasteiger partial charge in [0.05, 0.1) is 16.5 Å². The van der Waals surface area contributed by atoms with E-state index in [4.69, 9.17) is 16.0 Å². The van der Waals surface area contributed by atoms with Crippen molar-refractivity contribution in [2.24, 2.45) is 0 Å². The van der Waals surface area contributed by atoms with Gasteiger partial charge in [0.2, 0.25) is 5.91 Å². The molecule has 0 saturated heterocycles. The molecular formula is C17H14ClN3O5. The molecule has 1 aromatic heterocycles. The van der Waals surface area contributed by atoms with E-state index in [2.05, 4.69) is 0 Å². The van der Waals surface area contributed by atoms with Crippen molar-refractivity contribution in [3.05, 3.63) is 73.7 Å². The summed E-state index contributed by atoms with van der Waals surface area (Å²) in [7, 11) is 1.60. The number of nitro groups is 1. The number of carbonyl (C=O) groups excluding carboxylic acids is 1. The maximum Gasteiger partial charge on any atom is 0.420 e. The normalized spacial score (nSPS) is 10.8. The van der Waals surface area contributed by atoms with E-state index in [1.54, 1.807) is 19.2 Å². The summed E-state index contributed by atoms with van der Waals surface area (Å²) in [5.74, 6) is -1.08. The predicted octanol–water partition coefficient (Wildman–Crippen LogP) is 2.81. The topological polar surface area (TPSA) is 98.6 Å². The molecule has 0 aliphatic carbocycles. The second-order valence-electron chi connectivity index (χ2n) is 5.70. The van der Waals surface area contributed by atoms with Gasteiger partial charge in [0, 0.05) is 24.7 Å². The summed E-state index contributed by atoms with van der Waals surface area (Å²) in [6, 6.07) is 11.0. The van der Waals surface area contributed by atoms with Gasteiger partial charge in [0.1, 0.15) is 6.54 Å². The molecule has 0 spiro atoms. The fourth-order valence-electron chi connectivity index (χ4n) is 2.54. The van der Waals surface area contributed by atoms with E-state index in [0.29, 0.717) is 10.5 Å². The third kappa shape index (κ3) is 3.45. The molecule has 0 bridgehead atoms. The summed E-state index contributed by atoms with van der Waals surface area (Å²) in [6.45, 7) is 0.0408. The van der Waals surface area contributed by atoms with Crippen LogP contribution in [0.2, 0.25) is 5.02 Å². The van der Waals surface area contributed by atoms with Gasteiger partial charge in [-0.2, -0.15) is 0 Å². The zero-order chi connectivity index (χ0) is 18.8. The lowest BCUT2D eigenvalue weighted by molar-refractivity contribution is -0.384. The van der Waals surface area contributed by atoms with Gasteiger partial charge in [-0.25, -0.2) is 4.79 Å². The van der Waals surface area contributed by atoms with Crippen LogP contribution in [0.1, 0.15) is 5.56 Å². The predicted molar refractivity (Wildman–Crippen MR) is 95.1 cm³/mol. The van der Waals surface area contributed by atoms with Gasteiger partial charge >= 0.3 is 5.76 Å².